The minimum atomic E-state index is -0.451. The Kier molecular flexibility index (Phi) is 6.89. The van der Waals surface area contributed by atoms with Crippen molar-refractivity contribution in [3.63, 3.8) is 0 Å². The normalized spacial score (nSPS) is 14.9. The molecule has 146 valence electrons. The monoisotopic (exact) mass is 381 g/mol. The van der Waals surface area contributed by atoms with Crippen molar-refractivity contribution in [3.8, 4) is 0 Å². The summed E-state index contributed by atoms with van der Waals surface area (Å²) in [5.74, 6) is -0.211. The molecule has 0 atom stereocenters. The van der Waals surface area contributed by atoms with Gasteiger partial charge in [0.05, 0.1) is 18.1 Å². The lowest BCUT2D eigenvalue weighted by molar-refractivity contribution is -0.384. The van der Waals surface area contributed by atoms with Gasteiger partial charge in [0, 0.05) is 44.4 Å². The molecule has 1 saturated heterocycles. The topological polar surface area (TPSA) is 84.7 Å². The van der Waals surface area contributed by atoms with Crippen LogP contribution in [-0.4, -0.2) is 42.0 Å². The van der Waals surface area contributed by atoms with Gasteiger partial charge in [-0.1, -0.05) is 24.3 Å². The number of nitrogens with one attached hydrogen (secondary N) is 1. The van der Waals surface area contributed by atoms with E-state index < -0.39 is 4.92 Å². The van der Waals surface area contributed by atoms with Crippen molar-refractivity contribution in [1.29, 1.82) is 0 Å². The number of hydrogen-bond donors (Lipinski definition) is 1. The first kappa shape index (κ1) is 19.7. The van der Waals surface area contributed by atoms with E-state index in [1.807, 2.05) is 12.1 Å². The van der Waals surface area contributed by atoms with Crippen LogP contribution in [0.25, 0.3) is 6.08 Å². The third kappa shape index (κ3) is 6.00. The van der Waals surface area contributed by atoms with Crippen LogP contribution >= 0.6 is 0 Å². The van der Waals surface area contributed by atoms with Gasteiger partial charge >= 0.3 is 0 Å². The zero-order chi connectivity index (χ0) is 19.8. The molecule has 0 spiro atoms. The number of nitrogens with zero attached hydrogens (tertiary/aromatic N) is 2. The summed E-state index contributed by atoms with van der Waals surface area (Å²) >= 11 is 0. The number of ether oxygens (including phenoxy) is 1. The highest BCUT2D eigenvalue weighted by Crippen LogP contribution is 2.13. The Labute approximate surface area is 163 Å². The summed E-state index contributed by atoms with van der Waals surface area (Å²) < 4.78 is 5.37. The Morgan fingerprint density at radius 2 is 1.86 bits per heavy atom. The molecule has 1 fully saturated rings. The first-order chi connectivity index (χ1) is 13.6. The first-order valence-electron chi connectivity index (χ1n) is 9.18. The van der Waals surface area contributed by atoms with Crippen LogP contribution in [0.5, 0.6) is 0 Å². The number of carbonyl (C=O) groups is 1. The largest absolute Gasteiger partial charge is 0.379 e. The summed E-state index contributed by atoms with van der Waals surface area (Å²) in [6, 6.07) is 14.2. The minimum Gasteiger partial charge on any atom is -0.379 e. The number of non-ortho nitro benzene ring substituents is 1. The van der Waals surface area contributed by atoms with Crippen LogP contribution in [0.2, 0.25) is 0 Å². The second-order valence-corrected chi connectivity index (χ2v) is 6.61. The molecule has 0 aliphatic carbocycles. The van der Waals surface area contributed by atoms with Crippen molar-refractivity contribution in [2.45, 2.75) is 13.1 Å². The van der Waals surface area contributed by atoms with Crippen molar-refractivity contribution in [2.24, 2.45) is 0 Å². The lowest BCUT2D eigenvalue weighted by Crippen LogP contribution is -2.35. The minimum absolute atomic E-state index is 0.0264. The van der Waals surface area contributed by atoms with Crippen molar-refractivity contribution in [2.75, 3.05) is 26.3 Å². The Bertz CT molecular complexity index is 843. The Hall–Kier alpha value is -3.03. The SMILES string of the molecule is O=C(/C=C/c1ccc([N+](=O)[O-])cc1)NCc1cccc(CN2CCOCC2)c1. The van der Waals surface area contributed by atoms with Crippen molar-refractivity contribution in [3.05, 3.63) is 81.4 Å². The van der Waals surface area contributed by atoms with E-state index in [-0.39, 0.29) is 11.6 Å². The maximum atomic E-state index is 12.0. The van der Waals surface area contributed by atoms with Gasteiger partial charge in [-0.3, -0.25) is 19.8 Å². The fraction of sp³-hybridized carbons (Fsp3) is 0.286. The van der Waals surface area contributed by atoms with E-state index in [0.717, 1.165) is 44.0 Å². The molecule has 3 rings (SSSR count). The molecule has 1 aliphatic rings. The number of morpholine rings is 1. The molecule has 2 aromatic rings. The van der Waals surface area contributed by atoms with E-state index in [0.29, 0.717) is 6.54 Å². The summed E-state index contributed by atoms with van der Waals surface area (Å²) in [7, 11) is 0. The summed E-state index contributed by atoms with van der Waals surface area (Å²) in [5.41, 5.74) is 3.02. The molecule has 0 bridgehead atoms. The van der Waals surface area contributed by atoms with E-state index in [2.05, 4.69) is 22.3 Å². The molecule has 1 amide bonds. The van der Waals surface area contributed by atoms with E-state index in [4.69, 9.17) is 4.74 Å². The average Bonchev–Trinajstić information content (AvgIpc) is 2.72. The van der Waals surface area contributed by atoms with Gasteiger partial charge in [0.1, 0.15) is 0 Å². The van der Waals surface area contributed by atoms with Gasteiger partial charge in [0.2, 0.25) is 5.91 Å². The van der Waals surface area contributed by atoms with Crippen molar-refractivity contribution < 1.29 is 14.5 Å². The number of carbonyl (C=O) groups excluding carboxylic acids is 1. The third-order valence-electron chi connectivity index (χ3n) is 4.50. The molecule has 0 aromatic heterocycles. The van der Waals surface area contributed by atoms with E-state index in [1.54, 1.807) is 18.2 Å². The van der Waals surface area contributed by atoms with Gasteiger partial charge < -0.3 is 10.1 Å². The van der Waals surface area contributed by atoms with Crippen LogP contribution in [-0.2, 0) is 22.6 Å². The average molecular weight is 381 g/mol. The van der Waals surface area contributed by atoms with Gasteiger partial charge in [-0.15, -0.1) is 0 Å². The second kappa shape index (κ2) is 9.77. The predicted molar refractivity (Wildman–Crippen MR) is 107 cm³/mol. The molecule has 0 saturated carbocycles. The van der Waals surface area contributed by atoms with Gasteiger partial charge in [0.15, 0.2) is 0 Å². The summed E-state index contributed by atoms with van der Waals surface area (Å²) in [6.45, 7) is 4.75. The fourth-order valence-electron chi connectivity index (χ4n) is 2.98. The summed E-state index contributed by atoms with van der Waals surface area (Å²) in [6.07, 6.45) is 3.06. The van der Waals surface area contributed by atoms with Gasteiger partial charge in [0.25, 0.3) is 5.69 Å². The lowest BCUT2D eigenvalue weighted by atomic mass is 10.1. The highest BCUT2D eigenvalue weighted by Gasteiger charge is 2.10. The number of hydrogen-bond acceptors (Lipinski definition) is 5. The molecule has 2 aromatic carbocycles. The van der Waals surface area contributed by atoms with Crippen LogP contribution in [0.3, 0.4) is 0 Å². The van der Waals surface area contributed by atoms with Crippen molar-refractivity contribution >= 4 is 17.7 Å². The quantitative estimate of drug-likeness (QED) is 0.453. The van der Waals surface area contributed by atoms with Crippen LogP contribution in [0.4, 0.5) is 5.69 Å². The number of benzene rings is 2. The van der Waals surface area contributed by atoms with E-state index in [1.165, 1.54) is 23.8 Å². The molecule has 1 N–H and O–H groups in total. The molecule has 7 nitrogen and oxygen atoms in total. The number of nitro benzene ring substituents is 1. The van der Waals surface area contributed by atoms with Gasteiger partial charge in [-0.05, 0) is 34.9 Å². The van der Waals surface area contributed by atoms with Crippen molar-refractivity contribution in [1.82, 2.24) is 10.2 Å². The van der Waals surface area contributed by atoms with Crippen LogP contribution in [0.15, 0.2) is 54.6 Å². The molecule has 0 unspecified atom stereocenters. The number of nitro groups is 1. The zero-order valence-electron chi connectivity index (χ0n) is 15.5. The highest BCUT2D eigenvalue weighted by atomic mass is 16.6. The van der Waals surface area contributed by atoms with Crippen LogP contribution in [0.1, 0.15) is 16.7 Å². The van der Waals surface area contributed by atoms with E-state index >= 15 is 0 Å². The Morgan fingerprint density at radius 3 is 2.57 bits per heavy atom. The van der Waals surface area contributed by atoms with Gasteiger partial charge in [-0.25, -0.2) is 0 Å². The predicted octanol–water partition coefficient (Wildman–Crippen LogP) is 2.76. The van der Waals surface area contributed by atoms with Crippen LogP contribution < -0.4 is 5.32 Å². The third-order valence-corrected chi connectivity index (χ3v) is 4.50. The van der Waals surface area contributed by atoms with Gasteiger partial charge in [-0.2, -0.15) is 0 Å². The van der Waals surface area contributed by atoms with E-state index in [9.17, 15) is 14.9 Å². The molecule has 28 heavy (non-hydrogen) atoms. The standard InChI is InChI=1S/C21H23N3O4/c25-21(9-6-17-4-7-20(8-5-17)24(26)27)22-15-18-2-1-3-19(14-18)16-23-10-12-28-13-11-23/h1-9,14H,10-13,15-16H2,(H,22,25)/b9-6+. The molecular weight excluding hydrogens is 358 g/mol. The second-order valence-electron chi connectivity index (χ2n) is 6.61. The smallest absolute Gasteiger partial charge is 0.269 e. The lowest BCUT2D eigenvalue weighted by Gasteiger charge is -2.26. The molecule has 1 aliphatic heterocycles. The summed E-state index contributed by atoms with van der Waals surface area (Å²) in [5, 5.41) is 13.5. The highest BCUT2D eigenvalue weighted by molar-refractivity contribution is 5.91. The molecule has 7 heteroatoms. The molecule has 1 heterocycles. The maximum Gasteiger partial charge on any atom is 0.269 e. The maximum absolute atomic E-state index is 12.0. The van der Waals surface area contributed by atoms with Crippen LogP contribution in [0, 0.1) is 10.1 Å². The zero-order valence-corrected chi connectivity index (χ0v) is 15.5. The fourth-order valence-corrected chi connectivity index (χ4v) is 2.98. The molecular formula is C21H23N3O4. The summed E-state index contributed by atoms with van der Waals surface area (Å²) in [4.78, 5) is 24.6. The molecule has 0 radical (unpaired) electrons. The number of rotatable bonds is 7. The number of amides is 1. The first-order valence-corrected chi connectivity index (χ1v) is 9.18. The Balaban J connectivity index is 1.49. The Morgan fingerprint density at radius 1 is 1.14 bits per heavy atom.